The Morgan fingerprint density at radius 3 is 2.44 bits per heavy atom. The molecule has 0 saturated heterocycles. The van der Waals surface area contributed by atoms with Gasteiger partial charge in [0.25, 0.3) is 0 Å². The van der Waals surface area contributed by atoms with E-state index in [0.29, 0.717) is 29.6 Å². The SMILES string of the molecule is FC(F)(F)CCCNCCc1ccc(Cl)cc1Cl. The van der Waals surface area contributed by atoms with Crippen molar-refractivity contribution in [3.05, 3.63) is 33.8 Å². The maximum atomic E-state index is 11.9. The molecule has 1 N–H and O–H groups in total. The molecule has 6 heteroatoms. The second kappa shape index (κ2) is 7.22. The fourth-order valence-electron chi connectivity index (χ4n) is 1.49. The van der Waals surface area contributed by atoms with Gasteiger partial charge in [-0.3, -0.25) is 0 Å². The average molecular weight is 300 g/mol. The Hall–Kier alpha value is -0.450. The van der Waals surface area contributed by atoms with Crippen LogP contribution in [0.5, 0.6) is 0 Å². The minimum absolute atomic E-state index is 0.0951. The molecule has 0 radical (unpaired) electrons. The van der Waals surface area contributed by atoms with Crippen molar-refractivity contribution in [3.63, 3.8) is 0 Å². The summed E-state index contributed by atoms with van der Waals surface area (Å²) in [6, 6.07) is 5.22. The topological polar surface area (TPSA) is 12.0 Å². The maximum absolute atomic E-state index is 11.9. The molecule has 18 heavy (non-hydrogen) atoms. The summed E-state index contributed by atoms with van der Waals surface area (Å²) in [5.74, 6) is 0. The largest absolute Gasteiger partial charge is 0.389 e. The highest BCUT2D eigenvalue weighted by atomic mass is 35.5. The molecule has 0 aliphatic heterocycles. The van der Waals surface area contributed by atoms with Gasteiger partial charge < -0.3 is 5.32 Å². The van der Waals surface area contributed by atoms with E-state index < -0.39 is 12.6 Å². The summed E-state index contributed by atoms with van der Waals surface area (Å²) >= 11 is 11.7. The summed E-state index contributed by atoms with van der Waals surface area (Å²) in [5.41, 5.74) is 0.935. The fourth-order valence-corrected chi connectivity index (χ4v) is 1.99. The molecule has 0 fully saturated rings. The lowest BCUT2D eigenvalue weighted by Crippen LogP contribution is -2.20. The molecule has 0 unspecified atom stereocenters. The number of rotatable bonds is 6. The molecule has 1 nitrogen and oxygen atoms in total. The lowest BCUT2D eigenvalue weighted by atomic mass is 10.1. The monoisotopic (exact) mass is 299 g/mol. The van der Waals surface area contributed by atoms with E-state index in [-0.39, 0.29) is 6.42 Å². The molecule has 102 valence electrons. The van der Waals surface area contributed by atoms with E-state index in [0.717, 1.165) is 5.56 Å². The van der Waals surface area contributed by atoms with E-state index in [1.165, 1.54) is 0 Å². The van der Waals surface area contributed by atoms with Crippen LogP contribution in [0.3, 0.4) is 0 Å². The van der Waals surface area contributed by atoms with Gasteiger partial charge in [-0.15, -0.1) is 0 Å². The number of nitrogens with one attached hydrogen (secondary N) is 1. The highest BCUT2D eigenvalue weighted by molar-refractivity contribution is 6.35. The van der Waals surface area contributed by atoms with Crippen LogP contribution in [0.25, 0.3) is 0 Å². The first kappa shape index (κ1) is 15.6. The molecule has 1 rings (SSSR count). The maximum Gasteiger partial charge on any atom is 0.389 e. The summed E-state index contributed by atoms with van der Waals surface area (Å²) in [6.07, 6.45) is -4.05. The van der Waals surface area contributed by atoms with Gasteiger partial charge in [0, 0.05) is 16.5 Å². The third kappa shape index (κ3) is 6.47. The van der Waals surface area contributed by atoms with Crippen LogP contribution in [0.15, 0.2) is 18.2 Å². The molecular formula is C12H14Cl2F3N. The Morgan fingerprint density at radius 2 is 1.83 bits per heavy atom. The van der Waals surface area contributed by atoms with E-state index in [4.69, 9.17) is 23.2 Å². The first-order valence-electron chi connectivity index (χ1n) is 5.60. The lowest BCUT2D eigenvalue weighted by molar-refractivity contribution is -0.135. The normalized spacial score (nSPS) is 11.8. The van der Waals surface area contributed by atoms with Gasteiger partial charge in [0.05, 0.1) is 0 Å². The van der Waals surface area contributed by atoms with E-state index in [2.05, 4.69) is 5.32 Å². The van der Waals surface area contributed by atoms with Crippen LogP contribution in [-0.4, -0.2) is 19.3 Å². The molecular weight excluding hydrogens is 286 g/mol. The Bertz CT molecular complexity index is 380. The second-order valence-corrected chi connectivity index (χ2v) is 4.80. The second-order valence-electron chi connectivity index (χ2n) is 3.95. The first-order valence-corrected chi connectivity index (χ1v) is 6.35. The number of halogens is 5. The molecule has 1 aromatic carbocycles. The van der Waals surface area contributed by atoms with Crippen LogP contribution in [0.4, 0.5) is 13.2 Å². The zero-order valence-corrected chi connectivity index (χ0v) is 11.2. The Labute approximate surface area is 114 Å². The molecule has 0 amide bonds. The Kier molecular flexibility index (Phi) is 6.26. The van der Waals surface area contributed by atoms with Crippen molar-refractivity contribution in [2.75, 3.05) is 13.1 Å². The number of hydrogen-bond donors (Lipinski definition) is 1. The van der Waals surface area contributed by atoms with Crippen LogP contribution in [-0.2, 0) is 6.42 Å². The quantitative estimate of drug-likeness (QED) is 0.764. The van der Waals surface area contributed by atoms with Crippen LogP contribution in [0.1, 0.15) is 18.4 Å². The van der Waals surface area contributed by atoms with Gasteiger partial charge in [-0.1, -0.05) is 29.3 Å². The fraction of sp³-hybridized carbons (Fsp3) is 0.500. The van der Waals surface area contributed by atoms with Crippen molar-refractivity contribution in [1.29, 1.82) is 0 Å². The van der Waals surface area contributed by atoms with Crippen molar-refractivity contribution in [3.8, 4) is 0 Å². The summed E-state index contributed by atoms with van der Waals surface area (Å²) in [7, 11) is 0. The van der Waals surface area contributed by atoms with E-state index >= 15 is 0 Å². The summed E-state index contributed by atoms with van der Waals surface area (Å²) in [5, 5.41) is 4.11. The molecule has 0 heterocycles. The highest BCUT2D eigenvalue weighted by Gasteiger charge is 2.25. The van der Waals surface area contributed by atoms with Gasteiger partial charge in [0.2, 0.25) is 0 Å². The van der Waals surface area contributed by atoms with Crippen LogP contribution in [0.2, 0.25) is 10.0 Å². The summed E-state index contributed by atoms with van der Waals surface area (Å²) in [6.45, 7) is 0.948. The van der Waals surface area contributed by atoms with Crippen molar-refractivity contribution in [2.45, 2.75) is 25.4 Å². The van der Waals surface area contributed by atoms with Crippen molar-refractivity contribution in [2.24, 2.45) is 0 Å². The standard InChI is InChI=1S/C12H14Cl2F3N/c13-10-3-2-9(11(14)8-10)4-7-18-6-1-5-12(15,16)17/h2-3,8,18H,1,4-7H2. The van der Waals surface area contributed by atoms with Crippen LogP contribution < -0.4 is 5.32 Å². The predicted octanol–water partition coefficient (Wildman–Crippen LogP) is 4.47. The molecule has 0 spiro atoms. The van der Waals surface area contributed by atoms with Gasteiger partial charge in [-0.2, -0.15) is 13.2 Å². The molecule has 0 aliphatic carbocycles. The molecule has 0 saturated carbocycles. The highest BCUT2D eigenvalue weighted by Crippen LogP contribution is 2.21. The van der Waals surface area contributed by atoms with Crippen molar-refractivity contribution < 1.29 is 13.2 Å². The van der Waals surface area contributed by atoms with E-state index in [1.807, 2.05) is 6.07 Å². The molecule has 0 bridgehead atoms. The summed E-state index contributed by atoms with van der Waals surface area (Å²) < 4.78 is 35.6. The number of benzene rings is 1. The van der Waals surface area contributed by atoms with E-state index in [1.54, 1.807) is 12.1 Å². The molecule has 0 aliphatic rings. The molecule has 0 atom stereocenters. The van der Waals surface area contributed by atoms with Gasteiger partial charge in [0.15, 0.2) is 0 Å². The van der Waals surface area contributed by atoms with Crippen LogP contribution >= 0.6 is 23.2 Å². The van der Waals surface area contributed by atoms with E-state index in [9.17, 15) is 13.2 Å². The number of hydrogen-bond acceptors (Lipinski definition) is 1. The predicted molar refractivity (Wildman–Crippen MR) is 68.3 cm³/mol. The molecule has 0 aromatic heterocycles. The van der Waals surface area contributed by atoms with Gasteiger partial charge in [-0.25, -0.2) is 0 Å². The minimum atomic E-state index is -4.07. The van der Waals surface area contributed by atoms with Crippen LogP contribution in [0, 0.1) is 0 Å². The Balaban J connectivity index is 2.18. The zero-order chi connectivity index (χ0) is 13.6. The number of alkyl halides is 3. The molecule has 1 aromatic rings. The zero-order valence-electron chi connectivity index (χ0n) is 9.66. The lowest BCUT2D eigenvalue weighted by Gasteiger charge is -2.08. The third-order valence-corrected chi connectivity index (χ3v) is 2.99. The van der Waals surface area contributed by atoms with Gasteiger partial charge >= 0.3 is 6.18 Å². The van der Waals surface area contributed by atoms with Gasteiger partial charge in [0.1, 0.15) is 0 Å². The van der Waals surface area contributed by atoms with Crippen molar-refractivity contribution in [1.82, 2.24) is 5.32 Å². The Morgan fingerprint density at radius 1 is 1.11 bits per heavy atom. The van der Waals surface area contributed by atoms with Crippen molar-refractivity contribution >= 4 is 23.2 Å². The van der Waals surface area contributed by atoms with Gasteiger partial charge in [-0.05, 0) is 43.6 Å². The smallest absolute Gasteiger partial charge is 0.316 e. The third-order valence-electron chi connectivity index (χ3n) is 2.40. The average Bonchev–Trinajstić information content (AvgIpc) is 2.24. The minimum Gasteiger partial charge on any atom is -0.316 e. The first-order chi connectivity index (χ1) is 8.38. The summed E-state index contributed by atoms with van der Waals surface area (Å²) in [4.78, 5) is 0.